The summed E-state index contributed by atoms with van der Waals surface area (Å²) < 4.78 is 7.72. The van der Waals surface area contributed by atoms with E-state index in [1.807, 2.05) is 11.9 Å². The molecule has 8 nitrogen and oxygen atoms in total. The highest BCUT2D eigenvalue weighted by Crippen LogP contribution is 2.21. The molecule has 0 aromatic rings. The van der Waals surface area contributed by atoms with E-state index < -0.39 is 0 Å². The molecule has 2 rings (SSSR count). The maximum Gasteiger partial charge on any atom is 0.220 e. The number of nitrogens with zero attached hydrogens (tertiary/aromatic N) is 5. The Bertz CT molecular complexity index is 588. The molecule has 1 unspecified atom stereocenters. The molecule has 3 N–H and O–H groups in total. The molecule has 0 aromatic carbocycles. The van der Waals surface area contributed by atoms with E-state index in [-0.39, 0.29) is 47.3 Å². The lowest BCUT2D eigenvalue weighted by Crippen LogP contribution is -3.00. The van der Waals surface area contributed by atoms with Crippen molar-refractivity contribution in [1.29, 1.82) is 5.41 Å². The maximum absolute atomic E-state index is 8.42. The van der Waals surface area contributed by atoms with E-state index in [4.69, 9.17) is 15.9 Å². The van der Waals surface area contributed by atoms with Gasteiger partial charge in [0.25, 0.3) is 0 Å². The van der Waals surface area contributed by atoms with E-state index >= 15 is 0 Å². The molecule has 0 saturated carbocycles. The maximum atomic E-state index is 8.42. The molecule has 204 valence electrons. The minimum Gasteiger partial charge on any atom is -1.00 e. The van der Waals surface area contributed by atoms with Crippen LogP contribution in [-0.4, -0.2) is 123 Å². The second-order valence-corrected chi connectivity index (χ2v) is 9.79. The van der Waals surface area contributed by atoms with Crippen molar-refractivity contribution in [2.75, 3.05) is 86.2 Å². The zero-order valence-corrected chi connectivity index (χ0v) is 24.8. The number of guanidine groups is 2. The number of nitrogens with one attached hydrogen (secondary N) is 1. The quantitative estimate of drug-likeness (QED) is 0.115. The Morgan fingerprint density at radius 2 is 1.74 bits per heavy atom. The van der Waals surface area contributed by atoms with Gasteiger partial charge >= 0.3 is 0 Å². The van der Waals surface area contributed by atoms with Crippen LogP contribution in [0.15, 0.2) is 4.99 Å². The average molecular weight is 616 g/mol. The predicted octanol–water partition coefficient (Wildman–Crippen LogP) is -3.59. The summed E-state index contributed by atoms with van der Waals surface area (Å²) in [5, 5.41) is 8.42. The molecule has 0 aromatic heterocycles. The van der Waals surface area contributed by atoms with Crippen LogP contribution in [0.2, 0.25) is 0 Å². The van der Waals surface area contributed by atoms with Crippen molar-refractivity contribution in [3.05, 3.63) is 0 Å². The van der Waals surface area contributed by atoms with Crippen LogP contribution < -0.4 is 39.7 Å². The number of morpholine rings is 1. The Morgan fingerprint density at radius 1 is 1.15 bits per heavy atom. The number of nitrogens with two attached hydrogens (primary N) is 1. The van der Waals surface area contributed by atoms with Crippen molar-refractivity contribution >= 4 is 11.9 Å². The average Bonchev–Trinajstić information content (AvgIpc) is 3.23. The van der Waals surface area contributed by atoms with E-state index in [0.717, 1.165) is 93.8 Å². The SMILES string of the molecule is C.CC[N+](CC)(CC)CC1CCCN1C(N)=NC(=N)N(C)CCCC[N+]1(C)CCOCC1.[Br-].[Br-]. The van der Waals surface area contributed by atoms with Crippen LogP contribution in [-0.2, 0) is 4.74 Å². The van der Waals surface area contributed by atoms with Crippen LogP contribution >= 0.6 is 0 Å². The Morgan fingerprint density at radius 3 is 2.29 bits per heavy atom. The van der Waals surface area contributed by atoms with Crippen LogP contribution in [0, 0.1) is 5.41 Å². The number of ether oxygens (including phenoxy) is 1. The fourth-order valence-corrected chi connectivity index (χ4v) is 5.05. The first-order valence-corrected chi connectivity index (χ1v) is 12.4. The second kappa shape index (κ2) is 17.1. The first kappa shape index (κ1) is 35.7. The lowest BCUT2D eigenvalue weighted by Gasteiger charge is -2.40. The molecule has 0 amide bonds. The molecule has 1 atom stereocenters. The molecule has 0 aliphatic carbocycles. The molecule has 2 fully saturated rings. The number of rotatable bonds is 10. The summed E-state index contributed by atoms with van der Waals surface area (Å²) >= 11 is 0. The number of likely N-dealkylation sites (N-methyl/N-ethyl adjacent to an activating group) is 2. The number of halogens is 2. The highest BCUT2D eigenvalue weighted by atomic mass is 79.9. The van der Waals surface area contributed by atoms with E-state index in [1.54, 1.807) is 0 Å². The third kappa shape index (κ3) is 10.3. The summed E-state index contributed by atoms with van der Waals surface area (Å²) in [4.78, 5) is 8.68. The van der Waals surface area contributed by atoms with Gasteiger partial charge in [-0.1, -0.05) is 7.43 Å². The van der Waals surface area contributed by atoms with Crippen molar-refractivity contribution in [2.45, 2.75) is 59.9 Å². The molecular weight excluding hydrogens is 562 g/mol. The molecule has 2 saturated heterocycles. The molecule has 34 heavy (non-hydrogen) atoms. The van der Waals surface area contributed by atoms with Gasteiger partial charge in [-0.05, 0) is 46.5 Å². The van der Waals surface area contributed by atoms with Gasteiger partial charge in [-0.15, -0.1) is 0 Å². The molecule has 0 spiro atoms. The number of hydrogen-bond donors (Lipinski definition) is 2. The van der Waals surface area contributed by atoms with Gasteiger partial charge in [-0.2, -0.15) is 4.99 Å². The largest absolute Gasteiger partial charge is 1.00 e. The van der Waals surface area contributed by atoms with Crippen LogP contribution in [0.1, 0.15) is 53.9 Å². The molecule has 2 heterocycles. The van der Waals surface area contributed by atoms with E-state index in [2.05, 4.69) is 37.7 Å². The molecule has 0 radical (unpaired) electrons. The summed E-state index contributed by atoms with van der Waals surface area (Å²) in [6.45, 7) is 18.4. The standard InChI is InChI=1S/C23H49N7O.CH4.2BrH/c1-6-30(7-2,8-3)20-21-12-11-14-28(21)23(25)26-22(24)27(4)13-9-10-15-29(5)16-18-31-19-17-29;;;/h21H,6-20H2,1-5H3,(H3,24,25,26);1H4;2*1H/q+2;;;/p-2. The minimum absolute atomic E-state index is 0. The van der Waals surface area contributed by atoms with E-state index in [9.17, 15) is 0 Å². The number of quaternary nitrogens is 2. The summed E-state index contributed by atoms with van der Waals surface area (Å²) in [5.41, 5.74) is 6.41. The van der Waals surface area contributed by atoms with Gasteiger partial charge in [-0.3, -0.25) is 5.41 Å². The zero-order chi connectivity index (χ0) is 22.9. The first-order valence-electron chi connectivity index (χ1n) is 12.4. The zero-order valence-electron chi connectivity index (χ0n) is 21.7. The van der Waals surface area contributed by atoms with Crippen molar-refractivity contribution in [1.82, 2.24) is 9.80 Å². The third-order valence-corrected chi connectivity index (χ3v) is 7.86. The predicted molar refractivity (Wildman–Crippen MR) is 136 cm³/mol. The smallest absolute Gasteiger partial charge is 0.220 e. The number of unbranched alkanes of at least 4 members (excludes halogenated alkanes) is 1. The monoisotopic (exact) mass is 613 g/mol. The summed E-state index contributed by atoms with van der Waals surface area (Å²) in [6.07, 6.45) is 4.55. The van der Waals surface area contributed by atoms with Crippen molar-refractivity contribution in [3.63, 3.8) is 0 Å². The van der Waals surface area contributed by atoms with Gasteiger partial charge in [0.15, 0.2) is 5.96 Å². The molecule has 0 bridgehead atoms. The number of likely N-dealkylation sites (tertiary alicyclic amines) is 1. The first-order chi connectivity index (χ1) is 14.8. The summed E-state index contributed by atoms with van der Waals surface area (Å²) in [6, 6.07) is 0.430. The number of hydrogen-bond acceptors (Lipinski definition) is 2. The highest BCUT2D eigenvalue weighted by Gasteiger charge is 2.34. The van der Waals surface area contributed by atoms with Crippen molar-refractivity contribution < 1.29 is 47.7 Å². The third-order valence-electron chi connectivity index (χ3n) is 7.86. The Balaban J connectivity index is 0. The summed E-state index contributed by atoms with van der Waals surface area (Å²) in [7, 11) is 4.29. The lowest BCUT2D eigenvalue weighted by molar-refractivity contribution is -0.924. The lowest BCUT2D eigenvalue weighted by atomic mass is 10.1. The van der Waals surface area contributed by atoms with Crippen LogP contribution in [0.25, 0.3) is 0 Å². The Labute approximate surface area is 231 Å². The summed E-state index contributed by atoms with van der Waals surface area (Å²) in [5.74, 6) is 0.796. The number of aliphatic imine (C=N–C) groups is 1. The van der Waals surface area contributed by atoms with Crippen molar-refractivity contribution in [2.24, 2.45) is 10.7 Å². The van der Waals surface area contributed by atoms with Gasteiger partial charge in [0.1, 0.15) is 13.1 Å². The van der Waals surface area contributed by atoms with Crippen LogP contribution in [0.5, 0.6) is 0 Å². The van der Waals surface area contributed by atoms with Crippen molar-refractivity contribution in [3.8, 4) is 0 Å². The topological polar surface area (TPSA) is 77.9 Å². The Kier molecular flexibility index (Phi) is 18.0. The van der Waals surface area contributed by atoms with Crippen LogP contribution in [0.3, 0.4) is 0 Å². The van der Waals surface area contributed by atoms with Gasteiger partial charge in [0.05, 0.1) is 59.0 Å². The Hall–Kier alpha value is -0.420. The molecular formula is C24H53Br2N7O. The fourth-order valence-electron chi connectivity index (χ4n) is 5.05. The normalized spacial score (nSPS) is 20.1. The molecule has 2 aliphatic heterocycles. The van der Waals surface area contributed by atoms with Gasteiger partial charge in [0.2, 0.25) is 5.96 Å². The van der Waals surface area contributed by atoms with Gasteiger partial charge in [-0.25, -0.2) is 0 Å². The van der Waals surface area contributed by atoms with Gasteiger partial charge < -0.3 is 63.2 Å². The minimum atomic E-state index is 0. The van der Waals surface area contributed by atoms with E-state index in [0.29, 0.717) is 12.0 Å². The van der Waals surface area contributed by atoms with Gasteiger partial charge in [0, 0.05) is 20.1 Å². The second-order valence-electron chi connectivity index (χ2n) is 9.79. The fraction of sp³-hybridized carbons (Fsp3) is 0.917. The van der Waals surface area contributed by atoms with E-state index in [1.165, 1.54) is 13.0 Å². The highest BCUT2D eigenvalue weighted by molar-refractivity contribution is 5.92. The molecule has 10 heteroatoms. The van der Waals surface area contributed by atoms with Crippen LogP contribution in [0.4, 0.5) is 0 Å². The molecule has 2 aliphatic rings.